The summed E-state index contributed by atoms with van der Waals surface area (Å²) in [7, 11) is 3.76. The molecule has 0 aromatic carbocycles. The minimum atomic E-state index is -0.312. The van der Waals surface area contributed by atoms with Crippen molar-refractivity contribution in [3.8, 4) is 6.07 Å². The van der Waals surface area contributed by atoms with Crippen LogP contribution in [0.15, 0.2) is 9.70 Å². The van der Waals surface area contributed by atoms with E-state index in [2.05, 4.69) is 16.8 Å². The summed E-state index contributed by atoms with van der Waals surface area (Å²) in [6.07, 6.45) is 1.81. The minimum absolute atomic E-state index is 0.110. The number of anilines is 1. The monoisotopic (exact) mass is 445 g/mol. The molecule has 0 aliphatic carbocycles. The third kappa shape index (κ3) is 4.17. The summed E-state index contributed by atoms with van der Waals surface area (Å²) in [5, 5.41) is 9.57. The molecule has 1 amide bonds. The van der Waals surface area contributed by atoms with Crippen molar-refractivity contribution in [1.82, 2.24) is 14.4 Å². The first-order valence-electron chi connectivity index (χ1n) is 9.98. The van der Waals surface area contributed by atoms with Crippen LogP contribution >= 0.6 is 24.0 Å². The number of pyridine rings is 1. The molecule has 160 valence electrons. The van der Waals surface area contributed by atoms with Gasteiger partial charge in [-0.25, -0.2) is 0 Å². The van der Waals surface area contributed by atoms with Crippen molar-refractivity contribution in [2.45, 2.75) is 20.8 Å². The molecule has 30 heavy (non-hydrogen) atoms. The van der Waals surface area contributed by atoms with E-state index in [9.17, 15) is 14.9 Å². The second kappa shape index (κ2) is 8.92. The second-order valence-corrected chi connectivity index (χ2v) is 9.87. The molecule has 1 aromatic heterocycles. The molecule has 2 saturated heterocycles. The van der Waals surface area contributed by atoms with Gasteiger partial charge in [-0.05, 0) is 31.5 Å². The second-order valence-electron chi connectivity index (χ2n) is 8.19. The van der Waals surface area contributed by atoms with Crippen LogP contribution in [-0.2, 0) is 11.8 Å². The van der Waals surface area contributed by atoms with E-state index in [0.717, 1.165) is 37.6 Å². The van der Waals surface area contributed by atoms with Crippen molar-refractivity contribution in [3.05, 3.63) is 31.9 Å². The van der Waals surface area contributed by atoms with Crippen molar-refractivity contribution < 1.29 is 4.79 Å². The molecular weight excluding hydrogens is 418 g/mol. The Kier molecular flexibility index (Phi) is 6.70. The van der Waals surface area contributed by atoms with Crippen LogP contribution in [0.2, 0.25) is 0 Å². The number of hydrogen-bond acceptors (Lipinski definition) is 7. The zero-order valence-electron chi connectivity index (χ0n) is 18.1. The number of rotatable bonds is 4. The lowest BCUT2D eigenvalue weighted by Crippen LogP contribution is -2.46. The Hall–Kier alpha value is -2.15. The van der Waals surface area contributed by atoms with Crippen LogP contribution in [0.25, 0.3) is 6.08 Å². The Balaban J connectivity index is 2.14. The van der Waals surface area contributed by atoms with E-state index in [1.54, 1.807) is 18.9 Å². The first-order valence-corrected chi connectivity index (χ1v) is 11.2. The van der Waals surface area contributed by atoms with Crippen LogP contribution in [0.4, 0.5) is 5.82 Å². The molecule has 0 unspecified atom stereocenters. The minimum Gasteiger partial charge on any atom is -0.355 e. The van der Waals surface area contributed by atoms with Crippen LogP contribution in [0.1, 0.15) is 30.5 Å². The van der Waals surface area contributed by atoms with Crippen molar-refractivity contribution >= 4 is 46.1 Å². The topological polar surface area (TPSA) is 72.6 Å². The summed E-state index contributed by atoms with van der Waals surface area (Å²) < 4.78 is 2.08. The predicted octanol–water partition coefficient (Wildman–Crippen LogP) is 2.17. The maximum atomic E-state index is 13.0. The lowest BCUT2D eigenvalue weighted by atomic mass is 10.0. The van der Waals surface area contributed by atoms with Gasteiger partial charge in [0, 0.05) is 45.3 Å². The number of piperazine rings is 1. The summed E-state index contributed by atoms with van der Waals surface area (Å²) in [5.74, 6) is 0.936. The summed E-state index contributed by atoms with van der Waals surface area (Å²) in [6.45, 7) is 9.73. The molecule has 0 atom stereocenters. The average molecular weight is 446 g/mol. The summed E-state index contributed by atoms with van der Waals surface area (Å²) >= 11 is 6.71. The number of likely N-dealkylation sites (N-methyl/N-ethyl adjacent to an activating group) is 1. The van der Waals surface area contributed by atoms with E-state index < -0.39 is 0 Å². The van der Waals surface area contributed by atoms with Crippen LogP contribution in [0.5, 0.6) is 0 Å². The van der Waals surface area contributed by atoms with Gasteiger partial charge >= 0.3 is 0 Å². The molecule has 0 N–H and O–H groups in total. The number of thiocarbonyl (C=S) groups is 1. The van der Waals surface area contributed by atoms with Gasteiger partial charge in [-0.1, -0.05) is 37.8 Å². The van der Waals surface area contributed by atoms with Crippen molar-refractivity contribution in [2.24, 2.45) is 13.0 Å². The zero-order valence-corrected chi connectivity index (χ0v) is 19.7. The third-order valence-electron chi connectivity index (χ3n) is 5.47. The molecule has 7 nitrogen and oxygen atoms in total. The first-order chi connectivity index (χ1) is 14.1. The van der Waals surface area contributed by atoms with Gasteiger partial charge in [-0.3, -0.25) is 19.1 Å². The van der Waals surface area contributed by atoms with Gasteiger partial charge in [0.2, 0.25) is 0 Å². The molecule has 1 aromatic rings. The number of nitriles is 1. The quantitative estimate of drug-likeness (QED) is 0.519. The first kappa shape index (κ1) is 22.5. The van der Waals surface area contributed by atoms with E-state index in [1.807, 2.05) is 26.0 Å². The van der Waals surface area contributed by atoms with E-state index in [0.29, 0.717) is 27.3 Å². The molecule has 3 heterocycles. The molecule has 0 spiro atoms. The van der Waals surface area contributed by atoms with Crippen LogP contribution in [0.3, 0.4) is 0 Å². The normalized spacial score (nSPS) is 19.3. The lowest BCUT2D eigenvalue weighted by Gasteiger charge is -2.36. The maximum absolute atomic E-state index is 13.0. The highest BCUT2D eigenvalue weighted by Crippen LogP contribution is 2.36. The Labute approximate surface area is 186 Å². The molecule has 2 aliphatic rings. The molecule has 0 radical (unpaired) electrons. The number of carbonyl (C=O) groups excluding carboxylic acids is 1. The Bertz CT molecular complexity index is 1010. The fourth-order valence-corrected chi connectivity index (χ4v) is 5.02. The van der Waals surface area contributed by atoms with E-state index in [1.165, 1.54) is 16.3 Å². The third-order valence-corrected chi connectivity index (χ3v) is 6.85. The summed E-state index contributed by atoms with van der Waals surface area (Å²) in [6, 6.07) is 2.04. The van der Waals surface area contributed by atoms with Gasteiger partial charge in [0.05, 0.1) is 4.91 Å². The van der Waals surface area contributed by atoms with Crippen molar-refractivity contribution in [1.29, 1.82) is 5.26 Å². The smallest absolute Gasteiger partial charge is 0.270 e. The van der Waals surface area contributed by atoms with Gasteiger partial charge < -0.3 is 9.80 Å². The Morgan fingerprint density at radius 3 is 2.40 bits per heavy atom. The van der Waals surface area contributed by atoms with Gasteiger partial charge in [0.15, 0.2) is 0 Å². The summed E-state index contributed by atoms with van der Waals surface area (Å²) in [4.78, 5) is 32.4. The summed E-state index contributed by atoms with van der Waals surface area (Å²) in [5.41, 5.74) is 1.14. The molecule has 2 fully saturated rings. The Morgan fingerprint density at radius 1 is 1.20 bits per heavy atom. The molecule has 2 aliphatic heterocycles. The number of hydrogen-bond donors (Lipinski definition) is 0. The molecule has 9 heteroatoms. The van der Waals surface area contributed by atoms with Gasteiger partial charge in [0.1, 0.15) is 21.8 Å². The van der Waals surface area contributed by atoms with Crippen LogP contribution in [-0.4, -0.2) is 64.4 Å². The zero-order chi connectivity index (χ0) is 22.2. The largest absolute Gasteiger partial charge is 0.355 e. The average Bonchev–Trinajstić information content (AvgIpc) is 2.95. The fraction of sp³-hybridized carbons (Fsp3) is 0.524. The van der Waals surface area contributed by atoms with Crippen LogP contribution in [0, 0.1) is 24.2 Å². The molecule has 3 rings (SSSR count). The highest BCUT2D eigenvalue weighted by atomic mass is 32.2. The number of thioether (sulfide) groups is 1. The predicted molar refractivity (Wildman–Crippen MR) is 126 cm³/mol. The SMILES string of the molecule is Cc1c(C=C2SC(=S)N(CC(C)C)C2=O)c(N2CCN(C)CC2)n(C)c(=O)c1C#N. The van der Waals surface area contributed by atoms with E-state index in [4.69, 9.17) is 12.2 Å². The number of aromatic nitrogens is 1. The van der Waals surface area contributed by atoms with E-state index in [-0.39, 0.29) is 17.0 Å². The fourth-order valence-electron chi connectivity index (χ4n) is 3.77. The van der Waals surface area contributed by atoms with Crippen molar-refractivity contribution in [2.75, 3.05) is 44.7 Å². The standard InChI is InChI=1S/C21H27N5O2S2/c1-13(2)12-26-20(28)17(30-21(26)29)10-15-14(3)16(11-22)19(27)24(5)18(15)25-8-6-23(4)7-9-25/h10,13H,6-9,12H2,1-5H3. The van der Waals surface area contributed by atoms with Gasteiger partial charge in [-0.15, -0.1) is 0 Å². The number of carbonyl (C=O) groups is 1. The maximum Gasteiger partial charge on any atom is 0.270 e. The highest BCUT2D eigenvalue weighted by molar-refractivity contribution is 8.26. The van der Waals surface area contributed by atoms with Gasteiger partial charge in [-0.2, -0.15) is 5.26 Å². The van der Waals surface area contributed by atoms with E-state index >= 15 is 0 Å². The van der Waals surface area contributed by atoms with Gasteiger partial charge in [0.25, 0.3) is 11.5 Å². The molecular formula is C21H27N5O2S2. The lowest BCUT2D eigenvalue weighted by molar-refractivity contribution is -0.122. The molecule has 0 bridgehead atoms. The van der Waals surface area contributed by atoms with Crippen molar-refractivity contribution in [3.63, 3.8) is 0 Å². The number of amides is 1. The Morgan fingerprint density at radius 2 is 1.83 bits per heavy atom. The van der Waals surface area contributed by atoms with Crippen LogP contribution < -0.4 is 10.5 Å². The highest BCUT2D eigenvalue weighted by Gasteiger charge is 2.33. The number of nitrogens with zero attached hydrogens (tertiary/aromatic N) is 5. The molecule has 0 saturated carbocycles.